The zero-order chi connectivity index (χ0) is 23.3. The van der Waals surface area contributed by atoms with Crippen LogP contribution in [0.15, 0.2) is 46.6 Å². The summed E-state index contributed by atoms with van der Waals surface area (Å²) < 4.78 is 9.91. The van der Waals surface area contributed by atoms with E-state index in [0.717, 1.165) is 0 Å². The van der Waals surface area contributed by atoms with E-state index in [1.807, 2.05) is 0 Å². The Balaban J connectivity index is 1.63. The number of benzene rings is 2. The summed E-state index contributed by atoms with van der Waals surface area (Å²) in [5.74, 6) is 0.0930. The van der Waals surface area contributed by atoms with Crippen molar-refractivity contribution in [1.29, 1.82) is 0 Å². The predicted molar refractivity (Wildman–Crippen MR) is 119 cm³/mol. The van der Waals surface area contributed by atoms with Crippen molar-refractivity contribution in [2.45, 2.75) is 25.7 Å². The highest BCUT2D eigenvalue weighted by molar-refractivity contribution is 5.84. The molecule has 0 aliphatic carbocycles. The number of carbonyl (C=O) groups excluding carboxylic acids is 2. The molecule has 10 nitrogen and oxygen atoms in total. The number of nitrogens with one attached hydrogen (secondary N) is 2. The first-order valence-corrected chi connectivity index (χ1v) is 9.80. The van der Waals surface area contributed by atoms with Crippen LogP contribution in [-0.4, -0.2) is 48.7 Å². The van der Waals surface area contributed by atoms with E-state index in [9.17, 15) is 19.8 Å². The normalized spacial score (nSPS) is 10.9. The van der Waals surface area contributed by atoms with Gasteiger partial charge in [-0.1, -0.05) is 0 Å². The van der Waals surface area contributed by atoms with E-state index in [0.29, 0.717) is 35.5 Å². The molecular weight excluding hydrogens is 416 g/mol. The third kappa shape index (κ3) is 7.98. The third-order valence-electron chi connectivity index (χ3n) is 4.27. The Labute approximate surface area is 185 Å². The first-order valence-electron chi connectivity index (χ1n) is 9.80. The van der Waals surface area contributed by atoms with E-state index >= 15 is 0 Å². The Hall–Kier alpha value is -4.08. The molecule has 0 unspecified atom stereocenters. The molecule has 2 aromatic carbocycles. The van der Waals surface area contributed by atoms with E-state index < -0.39 is 0 Å². The van der Waals surface area contributed by atoms with Gasteiger partial charge in [0.2, 0.25) is 11.8 Å². The van der Waals surface area contributed by atoms with Crippen molar-refractivity contribution in [3.05, 3.63) is 47.5 Å². The molecule has 0 bridgehead atoms. The second-order valence-corrected chi connectivity index (χ2v) is 6.66. The lowest BCUT2D eigenvalue weighted by atomic mass is 10.2. The molecule has 0 saturated carbocycles. The smallest absolute Gasteiger partial charge is 0.240 e. The lowest BCUT2D eigenvalue weighted by molar-refractivity contribution is -0.123. The van der Waals surface area contributed by atoms with Crippen LogP contribution in [0.2, 0.25) is 0 Å². The molecule has 0 aliphatic rings. The number of hydrogen-bond acceptors (Lipinski definition) is 8. The molecule has 0 fully saturated rings. The topological polar surface area (TPSA) is 142 Å². The van der Waals surface area contributed by atoms with Crippen LogP contribution in [0, 0.1) is 0 Å². The fourth-order valence-corrected chi connectivity index (χ4v) is 2.62. The summed E-state index contributed by atoms with van der Waals surface area (Å²) in [6.07, 6.45) is 4.26. The van der Waals surface area contributed by atoms with Gasteiger partial charge in [-0.15, -0.1) is 0 Å². The molecule has 0 aliphatic heterocycles. The molecule has 32 heavy (non-hydrogen) atoms. The van der Waals surface area contributed by atoms with Gasteiger partial charge in [0.15, 0.2) is 23.0 Å². The number of hydrogen-bond donors (Lipinski definition) is 4. The lowest BCUT2D eigenvalue weighted by Gasteiger charge is -2.04. The van der Waals surface area contributed by atoms with Gasteiger partial charge in [-0.3, -0.25) is 9.59 Å². The van der Waals surface area contributed by atoms with Crippen molar-refractivity contribution in [1.82, 2.24) is 10.9 Å². The molecule has 0 radical (unpaired) electrons. The van der Waals surface area contributed by atoms with E-state index in [-0.39, 0.29) is 36.2 Å². The molecule has 4 N–H and O–H groups in total. The molecule has 2 amide bonds. The summed E-state index contributed by atoms with van der Waals surface area (Å²) in [7, 11) is 2.91. The highest BCUT2D eigenvalue weighted by Crippen LogP contribution is 2.26. The number of methoxy groups -OCH3 is 2. The van der Waals surface area contributed by atoms with E-state index in [1.165, 1.54) is 38.8 Å². The van der Waals surface area contributed by atoms with Crippen LogP contribution in [0.5, 0.6) is 23.0 Å². The summed E-state index contributed by atoms with van der Waals surface area (Å²) in [6.45, 7) is 0. The summed E-state index contributed by atoms with van der Waals surface area (Å²) in [5, 5.41) is 27.1. The Bertz CT molecular complexity index is 911. The van der Waals surface area contributed by atoms with Crippen LogP contribution in [0.1, 0.15) is 36.8 Å². The number of carbonyl (C=O) groups is 2. The Morgan fingerprint density at radius 1 is 0.812 bits per heavy atom. The number of aromatic hydroxyl groups is 2. The first kappa shape index (κ1) is 24.2. The molecule has 0 spiro atoms. The second-order valence-electron chi connectivity index (χ2n) is 6.66. The number of rotatable bonds is 11. The van der Waals surface area contributed by atoms with Crippen molar-refractivity contribution < 1.29 is 29.3 Å². The number of ether oxygens (including phenoxy) is 2. The van der Waals surface area contributed by atoms with Crippen LogP contribution in [0.3, 0.4) is 0 Å². The predicted octanol–water partition coefficient (Wildman–Crippen LogP) is 2.28. The van der Waals surface area contributed by atoms with Gasteiger partial charge in [0.25, 0.3) is 0 Å². The Morgan fingerprint density at radius 2 is 1.22 bits per heavy atom. The Kier molecular flexibility index (Phi) is 9.51. The fraction of sp³-hybridized carbons (Fsp3) is 0.273. The minimum atomic E-state index is -0.281. The van der Waals surface area contributed by atoms with Crippen LogP contribution in [0.25, 0.3) is 0 Å². The quantitative estimate of drug-likeness (QED) is 0.239. The third-order valence-corrected chi connectivity index (χ3v) is 4.27. The molecule has 0 saturated heterocycles. The van der Waals surface area contributed by atoms with Crippen molar-refractivity contribution >= 4 is 24.2 Å². The van der Waals surface area contributed by atoms with Crippen molar-refractivity contribution in [3.63, 3.8) is 0 Å². The average molecular weight is 442 g/mol. The van der Waals surface area contributed by atoms with Gasteiger partial charge in [-0.25, -0.2) is 10.9 Å². The largest absolute Gasteiger partial charge is 0.504 e. The summed E-state index contributed by atoms with van der Waals surface area (Å²) in [5.41, 5.74) is 6.00. The zero-order valence-corrected chi connectivity index (χ0v) is 17.9. The maximum atomic E-state index is 11.8. The number of hydrazone groups is 2. The van der Waals surface area contributed by atoms with Crippen molar-refractivity contribution in [3.8, 4) is 23.0 Å². The van der Waals surface area contributed by atoms with Gasteiger partial charge in [-0.2, -0.15) is 10.2 Å². The van der Waals surface area contributed by atoms with E-state index in [1.54, 1.807) is 24.3 Å². The maximum absolute atomic E-state index is 11.8. The second kappa shape index (κ2) is 12.6. The van der Waals surface area contributed by atoms with Crippen molar-refractivity contribution in [2.24, 2.45) is 10.2 Å². The number of nitrogens with zero attached hydrogens (tertiary/aromatic N) is 2. The number of phenols is 2. The minimum absolute atomic E-state index is 0.0208. The zero-order valence-electron chi connectivity index (χ0n) is 17.9. The standard InChI is InChI=1S/C22H26N4O6/c1-31-19-9-7-15(11-17(19)27)13-23-25-21(29)5-3-4-6-22(30)26-24-14-16-8-10-20(32-2)18(28)12-16/h7-14,27-28H,3-6H2,1-2H3,(H,25,29)(H,26,30)/b23-13+,24-14+. The molecule has 10 heteroatoms. The number of unbranched alkanes of at least 4 members (excludes halogenated alkanes) is 1. The van der Waals surface area contributed by atoms with Gasteiger partial charge >= 0.3 is 0 Å². The van der Waals surface area contributed by atoms with Crippen molar-refractivity contribution in [2.75, 3.05) is 14.2 Å². The van der Waals surface area contributed by atoms with Crippen LogP contribution in [0.4, 0.5) is 0 Å². The van der Waals surface area contributed by atoms with Crippen LogP contribution in [-0.2, 0) is 9.59 Å². The molecule has 0 heterocycles. The number of phenolic OH excluding ortho intramolecular Hbond substituents is 2. The maximum Gasteiger partial charge on any atom is 0.240 e. The molecule has 2 rings (SSSR count). The van der Waals surface area contributed by atoms with Gasteiger partial charge in [-0.05, 0) is 60.4 Å². The van der Waals surface area contributed by atoms with Gasteiger partial charge in [0, 0.05) is 12.8 Å². The van der Waals surface area contributed by atoms with Crippen LogP contribution < -0.4 is 20.3 Å². The molecular formula is C22H26N4O6. The monoisotopic (exact) mass is 442 g/mol. The molecule has 2 aromatic rings. The molecule has 0 atom stereocenters. The van der Waals surface area contributed by atoms with Gasteiger partial charge in [0.1, 0.15) is 0 Å². The van der Waals surface area contributed by atoms with Gasteiger partial charge < -0.3 is 19.7 Å². The first-order chi connectivity index (χ1) is 15.4. The number of amides is 2. The SMILES string of the molecule is COc1ccc(/C=N/NC(=O)CCCCC(=O)N/N=C/c2ccc(OC)c(O)c2)cc1O. The van der Waals surface area contributed by atoms with E-state index in [2.05, 4.69) is 21.1 Å². The summed E-state index contributed by atoms with van der Waals surface area (Å²) in [4.78, 5) is 23.6. The lowest BCUT2D eigenvalue weighted by Crippen LogP contribution is -2.19. The minimum Gasteiger partial charge on any atom is -0.504 e. The fourth-order valence-electron chi connectivity index (χ4n) is 2.62. The molecule has 0 aromatic heterocycles. The summed E-state index contributed by atoms with van der Waals surface area (Å²) >= 11 is 0. The molecule has 170 valence electrons. The highest BCUT2D eigenvalue weighted by Gasteiger charge is 2.04. The van der Waals surface area contributed by atoms with Gasteiger partial charge in [0.05, 0.1) is 26.6 Å². The average Bonchev–Trinajstić information content (AvgIpc) is 2.77. The highest BCUT2D eigenvalue weighted by atomic mass is 16.5. The van der Waals surface area contributed by atoms with Crippen LogP contribution >= 0.6 is 0 Å². The summed E-state index contributed by atoms with van der Waals surface area (Å²) in [6, 6.07) is 9.49. The van der Waals surface area contributed by atoms with E-state index in [4.69, 9.17) is 9.47 Å². The Morgan fingerprint density at radius 3 is 1.56 bits per heavy atom.